The molecule has 0 atom stereocenters. The van der Waals surface area contributed by atoms with Crippen molar-refractivity contribution in [3.8, 4) is 17.2 Å². The zero-order chi connectivity index (χ0) is 20.5. The minimum Gasteiger partial charge on any atom is -0.489 e. The minimum atomic E-state index is 0.459. The summed E-state index contributed by atoms with van der Waals surface area (Å²) in [5.41, 5.74) is 1.99. The summed E-state index contributed by atoms with van der Waals surface area (Å²) in [7, 11) is 0. The molecule has 0 fully saturated rings. The van der Waals surface area contributed by atoms with E-state index >= 15 is 0 Å². The Labute approximate surface area is 178 Å². The topological polar surface area (TPSA) is 43.0 Å². The lowest BCUT2D eigenvalue weighted by molar-refractivity contribution is 0.171. The van der Waals surface area contributed by atoms with Crippen LogP contribution in [0.2, 0.25) is 0 Å². The molecule has 0 bridgehead atoms. The molecule has 154 valence electrons. The Balaban J connectivity index is 1.87. The van der Waals surface area contributed by atoms with Crippen LogP contribution in [0.4, 0.5) is 5.69 Å². The lowest BCUT2D eigenvalue weighted by Gasteiger charge is -2.28. The van der Waals surface area contributed by atoms with Crippen LogP contribution < -0.4 is 24.4 Å². The monoisotopic (exact) mass is 412 g/mol. The summed E-state index contributed by atoms with van der Waals surface area (Å²) in [6.45, 7) is 8.89. The molecule has 1 N–H and O–H groups in total. The molecular formula is C23H28N2O3S. The third-order valence-corrected chi connectivity index (χ3v) is 4.91. The van der Waals surface area contributed by atoms with E-state index in [9.17, 15) is 0 Å². The molecule has 2 aromatic rings. The van der Waals surface area contributed by atoms with E-state index in [2.05, 4.69) is 29.8 Å². The molecule has 0 radical (unpaired) electrons. The number of benzene rings is 2. The van der Waals surface area contributed by atoms with Gasteiger partial charge in [-0.15, -0.1) is 0 Å². The van der Waals surface area contributed by atoms with Crippen molar-refractivity contribution in [1.82, 2.24) is 5.32 Å². The normalized spacial score (nSPS) is 12.2. The highest BCUT2D eigenvalue weighted by Gasteiger charge is 2.19. The number of nitrogens with one attached hydrogen (secondary N) is 1. The molecular weight excluding hydrogens is 384 g/mol. The van der Waals surface area contributed by atoms with Gasteiger partial charge in [-0.05, 0) is 36.8 Å². The van der Waals surface area contributed by atoms with Crippen molar-refractivity contribution in [2.45, 2.75) is 26.3 Å². The van der Waals surface area contributed by atoms with Crippen molar-refractivity contribution < 1.29 is 14.2 Å². The Kier molecular flexibility index (Phi) is 7.76. The SMILES string of the molecule is C=CCOc1ccccc1CN(C(=S)NCCCC)c1ccc2c(c1)OCCO2. The first-order chi connectivity index (χ1) is 14.2. The maximum atomic E-state index is 5.84. The second-order valence-electron chi connectivity index (χ2n) is 6.71. The van der Waals surface area contributed by atoms with Gasteiger partial charge in [-0.25, -0.2) is 0 Å². The fourth-order valence-electron chi connectivity index (χ4n) is 3.04. The number of hydrogen-bond acceptors (Lipinski definition) is 4. The molecule has 29 heavy (non-hydrogen) atoms. The van der Waals surface area contributed by atoms with E-state index in [1.807, 2.05) is 36.4 Å². The molecule has 1 aliphatic heterocycles. The van der Waals surface area contributed by atoms with Crippen molar-refractivity contribution in [2.24, 2.45) is 0 Å². The molecule has 0 aromatic heterocycles. The quantitative estimate of drug-likeness (QED) is 0.366. The Morgan fingerprint density at radius 3 is 2.79 bits per heavy atom. The van der Waals surface area contributed by atoms with Gasteiger partial charge in [0.2, 0.25) is 0 Å². The van der Waals surface area contributed by atoms with Crippen molar-refractivity contribution in [3.05, 3.63) is 60.7 Å². The summed E-state index contributed by atoms with van der Waals surface area (Å²) < 4.78 is 17.3. The molecule has 0 aliphatic carbocycles. The summed E-state index contributed by atoms with van der Waals surface area (Å²) in [4.78, 5) is 2.07. The third kappa shape index (κ3) is 5.64. The van der Waals surface area contributed by atoms with Gasteiger partial charge < -0.3 is 24.4 Å². The number of anilines is 1. The number of ether oxygens (including phenoxy) is 3. The van der Waals surface area contributed by atoms with Gasteiger partial charge in [0, 0.05) is 23.9 Å². The molecule has 3 rings (SSSR count). The summed E-state index contributed by atoms with van der Waals surface area (Å²) in [6.07, 6.45) is 3.92. The lowest BCUT2D eigenvalue weighted by Crippen LogP contribution is -2.40. The van der Waals surface area contributed by atoms with E-state index in [0.29, 0.717) is 31.5 Å². The molecule has 0 spiro atoms. The van der Waals surface area contributed by atoms with Crippen LogP contribution in [0.5, 0.6) is 17.2 Å². The molecule has 0 saturated carbocycles. The fourth-order valence-corrected chi connectivity index (χ4v) is 3.31. The maximum Gasteiger partial charge on any atom is 0.173 e. The predicted octanol–water partition coefficient (Wildman–Crippen LogP) is 4.70. The Morgan fingerprint density at radius 2 is 2.00 bits per heavy atom. The number of rotatable bonds is 9. The Hall–Kier alpha value is -2.73. The molecule has 1 heterocycles. The molecule has 5 nitrogen and oxygen atoms in total. The number of para-hydroxylation sites is 1. The second-order valence-corrected chi connectivity index (χ2v) is 7.09. The molecule has 0 saturated heterocycles. The van der Waals surface area contributed by atoms with Crippen molar-refractivity contribution >= 4 is 23.0 Å². The first-order valence-electron chi connectivity index (χ1n) is 9.99. The van der Waals surface area contributed by atoms with Gasteiger partial charge in [-0.2, -0.15) is 0 Å². The van der Waals surface area contributed by atoms with Gasteiger partial charge in [-0.1, -0.05) is 44.2 Å². The van der Waals surface area contributed by atoms with E-state index in [-0.39, 0.29) is 0 Å². The van der Waals surface area contributed by atoms with E-state index in [4.69, 9.17) is 26.4 Å². The van der Waals surface area contributed by atoms with Crippen LogP contribution in [-0.4, -0.2) is 31.5 Å². The molecule has 2 aromatic carbocycles. The van der Waals surface area contributed by atoms with Crippen LogP contribution in [0.3, 0.4) is 0 Å². The average molecular weight is 413 g/mol. The van der Waals surface area contributed by atoms with E-state index in [0.717, 1.165) is 47.9 Å². The summed E-state index contributed by atoms with van der Waals surface area (Å²) in [5, 5.41) is 4.05. The van der Waals surface area contributed by atoms with Crippen LogP contribution in [0.1, 0.15) is 25.3 Å². The minimum absolute atomic E-state index is 0.459. The predicted molar refractivity (Wildman–Crippen MR) is 121 cm³/mol. The lowest BCUT2D eigenvalue weighted by atomic mass is 10.1. The first kappa shape index (κ1) is 21.0. The van der Waals surface area contributed by atoms with Crippen LogP contribution in [-0.2, 0) is 6.54 Å². The van der Waals surface area contributed by atoms with Crippen molar-refractivity contribution in [2.75, 3.05) is 31.3 Å². The number of fused-ring (bicyclic) bond motifs is 1. The second kappa shape index (κ2) is 10.7. The third-order valence-electron chi connectivity index (χ3n) is 4.55. The highest BCUT2D eigenvalue weighted by molar-refractivity contribution is 7.80. The van der Waals surface area contributed by atoms with Crippen LogP contribution >= 0.6 is 12.2 Å². The summed E-state index contributed by atoms with van der Waals surface area (Å²) in [5.74, 6) is 2.33. The molecule has 0 unspecified atom stereocenters. The van der Waals surface area contributed by atoms with Gasteiger partial charge >= 0.3 is 0 Å². The zero-order valence-electron chi connectivity index (χ0n) is 16.9. The largest absolute Gasteiger partial charge is 0.489 e. The van der Waals surface area contributed by atoms with E-state index in [1.54, 1.807) is 6.08 Å². The van der Waals surface area contributed by atoms with E-state index < -0.39 is 0 Å². The van der Waals surface area contributed by atoms with Gasteiger partial charge in [-0.3, -0.25) is 0 Å². The fraction of sp³-hybridized carbons (Fsp3) is 0.348. The van der Waals surface area contributed by atoms with Crippen LogP contribution in [0.15, 0.2) is 55.1 Å². The molecule has 6 heteroatoms. The Morgan fingerprint density at radius 1 is 1.21 bits per heavy atom. The molecule has 1 aliphatic rings. The number of hydrogen-bond donors (Lipinski definition) is 1. The standard InChI is InChI=1S/C23H28N2O3S/c1-3-5-12-24-23(29)25(17-18-8-6-7-9-20(18)26-13-4-2)19-10-11-21-22(16-19)28-15-14-27-21/h4,6-11,16H,2-3,5,12-15,17H2,1H3,(H,24,29). The van der Waals surface area contributed by atoms with Crippen LogP contribution in [0, 0.1) is 0 Å². The maximum absolute atomic E-state index is 5.84. The van der Waals surface area contributed by atoms with E-state index in [1.165, 1.54) is 0 Å². The van der Waals surface area contributed by atoms with Gasteiger partial charge in [0.1, 0.15) is 25.6 Å². The number of thiocarbonyl (C=S) groups is 1. The van der Waals surface area contributed by atoms with Crippen molar-refractivity contribution in [1.29, 1.82) is 0 Å². The smallest absolute Gasteiger partial charge is 0.173 e. The average Bonchev–Trinajstić information content (AvgIpc) is 2.76. The first-order valence-corrected chi connectivity index (χ1v) is 10.4. The Bertz CT molecular complexity index is 841. The summed E-state index contributed by atoms with van der Waals surface area (Å²) in [6, 6.07) is 13.9. The summed E-state index contributed by atoms with van der Waals surface area (Å²) >= 11 is 5.74. The zero-order valence-corrected chi connectivity index (χ0v) is 17.7. The molecule has 0 amide bonds. The van der Waals surface area contributed by atoms with Crippen molar-refractivity contribution in [3.63, 3.8) is 0 Å². The van der Waals surface area contributed by atoms with Gasteiger partial charge in [0.25, 0.3) is 0 Å². The highest BCUT2D eigenvalue weighted by Crippen LogP contribution is 2.35. The highest BCUT2D eigenvalue weighted by atomic mass is 32.1. The van der Waals surface area contributed by atoms with Gasteiger partial charge in [0.15, 0.2) is 16.6 Å². The van der Waals surface area contributed by atoms with Gasteiger partial charge in [0.05, 0.1) is 6.54 Å². The van der Waals surface area contributed by atoms with Crippen LogP contribution in [0.25, 0.3) is 0 Å². The number of nitrogens with zero attached hydrogens (tertiary/aromatic N) is 1. The number of unbranched alkanes of at least 4 members (excludes halogenated alkanes) is 1.